The Kier molecular flexibility index (Phi) is 6.96. The summed E-state index contributed by atoms with van der Waals surface area (Å²) in [5.74, 6) is -1.23. The molecule has 2 N–H and O–H groups in total. The summed E-state index contributed by atoms with van der Waals surface area (Å²) in [6.45, 7) is 2.06. The van der Waals surface area contributed by atoms with Crippen LogP contribution in [0.15, 0.2) is 48.5 Å². The minimum atomic E-state index is -1.02. The van der Waals surface area contributed by atoms with Gasteiger partial charge in [-0.1, -0.05) is 55.0 Å². The number of rotatable bonds is 8. The molecule has 4 rings (SSSR count). The van der Waals surface area contributed by atoms with Crippen LogP contribution in [0.2, 0.25) is 0 Å². The SMILES string of the molecule is CCN(CC(=O)O)C(=O)CC1CCCC1NC(=O)OCC1c2ccccc2-c2ccccc21. The Hall–Kier alpha value is -3.35. The Bertz CT molecular complexity index is 991. The number of carbonyl (C=O) groups excluding carboxylic acids is 2. The molecule has 33 heavy (non-hydrogen) atoms. The zero-order chi connectivity index (χ0) is 23.4. The fourth-order valence-electron chi connectivity index (χ4n) is 5.16. The lowest BCUT2D eigenvalue weighted by molar-refractivity contribution is -0.144. The van der Waals surface area contributed by atoms with Gasteiger partial charge in [0, 0.05) is 24.9 Å². The van der Waals surface area contributed by atoms with Gasteiger partial charge in [0.2, 0.25) is 5.91 Å². The Morgan fingerprint density at radius 1 is 1.03 bits per heavy atom. The van der Waals surface area contributed by atoms with Crippen LogP contribution in [0.5, 0.6) is 0 Å². The number of aliphatic carboxylic acids is 1. The molecule has 2 aromatic carbocycles. The van der Waals surface area contributed by atoms with Gasteiger partial charge < -0.3 is 20.1 Å². The topological polar surface area (TPSA) is 95.9 Å². The van der Waals surface area contributed by atoms with Crippen LogP contribution in [0.3, 0.4) is 0 Å². The summed E-state index contributed by atoms with van der Waals surface area (Å²) in [6, 6.07) is 16.2. The summed E-state index contributed by atoms with van der Waals surface area (Å²) < 4.78 is 5.65. The second-order valence-corrected chi connectivity index (χ2v) is 8.77. The van der Waals surface area contributed by atoms with Crippen LogP contribution in [0.1, 0.15) is 49.7 Å². The number of carboxylic acid groups (broad SMARTS) is 1. The van der Waals surface area contributed by atoms with E-state index in [2.05, 4.69) is 29.6 Å². The molecule has 2 atom stereocenters. The third-order valence-electron chi connectivity index (χ3n) is 6.80. The standard InChI is InChI=1S/C26H30N2O5/c1-2-28(15-25(30)31)24(29)14-17-8-7-13-23(17)27-26(32)33-16-22-20-11-5-3-9-18(20)19-10-4-6-12-21(19)22/h3-6,9-12,17,22-23H,2,7-8,13-16H2,1H3,(H,27,32)(H,30,31). The third-order valence-corrected chi connectivity index (χ3v) is 6.80. The van der Waals surface area contributed by atoms with Crippen LogP contribution in [0, 0.1) is 5.92 Å². The number of carbonyl (C=O) groups is 3. The van der Waals surface area contributed by atoms with Gasteiger partial charge in [0.1, 0.15) is 13.2 Å². The Labute approximate surface area is 193 Å². The zero-order valence-corrected chi connectivity index (χ0v) is 18.8. The molecule has 0 saturated heterocycles. The predicted molar refractivity (Wildman–Crippen MR) is 124 cm³/mol. The van der Waals surface area contributed by atoms with E-state index in [1.165, 1.54) is 16.0 Å². The van der Waals surface area contributed by atoms with Crippen molar-refractivity contribution in [1.82, 2.24) is 10.2 Å². The fourth-order valence-corrected chi connectivity index (χ4v) is 5.16. The maximum absolute atomic E-state index is 12.6. The first kappa shape index (κ1) is 22.8. The molecular formula is C26H30N2O5. The van der Waals surface area contributed by atoms with Gasteiger partial charge in [0.25, 0.3) is 0 Å². The lowest BCUT2D eigenvalue weighted by atomic mass is 9.98. The van der Waals surface area contributed by atoms with Gasteiger partial charge in [-0.05, 0) is 47.9 Å². The number of hydrogen-bond acceptors (Lipinski definition) is 4. The first-order valence-electron chi connectivity index (χ1n) is 11.6. The van der Waals surface area contributed by atoms with Gasteiger partial charge in [-0.2, -0.15) is 0 Å². The first-order valence-corrected chi connectivity index (χ1v) is 11.6. The second-order valence-electron chi connectivity index (χ2n) is 8.77. The van der Waals surface area contributed by atoms with Gasteiger partial charge >= 0.3 is 12.1 Å². The normalized spacial score (nSPS) is 18.9. The number of ether oxygens (including phenoxy) is 1. The molecule has 1 fully saturated rings. The molecule has 174 valence electrons. The molecule has 2 unspecified atom stereocenters. The van der Waals surface area contributed by atoms with E-state index in [1.807, 2.05) is 24.3 Å². The number of amides is 2. The first-order chi connectivity index (χ1) is 16.0. The van der Waals surface area contributed by atoms with Crippen LogP contribution < -0.4 is 5.32 Å². The van der Waals surface area contributed by atoms with Crippen LogP contribution in [0.25, 0.3) is 11.1 Å². The third kappa shape index (κ3) is 5.02. The number of fused-ring (bicyclic) bond motifs is 3. The molecule has 2 aliphatic carbocycles. The van der Waals surface area contributed by atoms with Crippen molar-refractivity contribution < 1.29 is 24.2 Å². The summed E-state index contributed by atoms with van der Waals surface area (Å²) in [6.07, 6.45) is 2.28. The van der Waals surface area contributed by atoms with Gasteiger partial charge in [-0.15, -0.1) is 0 Å². The van der Waals surface area contributed by atoms with Crippen molar-refractivity contribution in [2.24, 2.45) is 5.92 Å². The molecular weight excluding hydrogens is 420 g/mol. The second kappa shape index (κ2) is 10.1. The summed E-state index contributed by atoms with van der Waals surface area (Å²) in [7, 11) is 0. The smallest absolute Gasteiger partial charge is 0.407 e. The molecule has 0 heterocycles. The molecule has 2 aliphatic rings. The van der Waals surface area contributed by atoms with Crippen LogP contribution in [0.4, 0.5) is 4.79 Å². The van der Waals surface area contributed by atoms with E-state index < -0.39 is 12.1 Å². The Morgan fingerprint density at radius 2 is 1.67 bits per heavy atom. The molecule has 0 spiro atoms. The maximum Gasteiger partial charge on any atom is 0.407 e. The van der Waals surface area contributed by atoms with E-state index in [0.29, 0.717) is 6.54 Å². The van der Waals surface area contributed by atoms with Crippen LogP contribution in [-0.2, 0) is 14.3 Å². The van der Waals surface area contributed by atoms with E-state index in [9.17, 15) is 14.4 Å². The lowest BCUT2D eigenvalue weighted by Gasteiger charge is -2.24. The average molecular weight is 451 g/mol. The minimum absolute atomic E-state index is 0.00164. The number of alkyl carbamates (subject to hydrolysis) is 1. The lowest BCUT2D eigenvalue weighted by Crippen LogP contribution is -2.41. The van der Waals surface area contributed by atoms with Gasteiger partial charge in [0.05, 0.1) is 0 Å². The quantitative estimate of drug-likeness (QED) is 0.633. The molecule has 0 aliphatic heterocycles. The molecule has 7 nitrogen and oxygen atoms in total. The van der Waals surface area contributed by atoms with Crippen molar-refractivity contribution in [1.29, 1.82) is 0 Å². The van der Waals surface area contributed by atoms with E-state index >= 15 is 0 Å². The summed E-state index contributed by atoms with van der Waals surface area (Å²) in [5.41, 5.74) is 4.68. The van der Waals surface area contributed by atoms with Gasteiger partial charge in [-0.3, -0.25) is 9.59 Å². The largest absolute Gasteiger partial charge is 0.480 e. The number of likely N-dealkylation sites (N-methyl/N-ethyl adjacent to an activating group) is 1. The monoisotopic (exact) mass is 450 g/mol. The van der Waals surface area contributed by atoms with Crippen molar-refractivity contribution in [2.75, 3.05) is 19.7 Å². The molecule has 0 aromatic heterocycles. The van der Waals surface area contributed by atoms with Crippen molar-refractivity contribution in [3.05, 3.63) is 59.7 Å². The fraction of sp³-hybridized carbons (Fsp3) is 0.423. The van der Waals surface area contributed by atoms with Crippen molar-refractivity contribution in [3.8, 4) is 11.1 Å². The maximum atomic E-state index is 12.6. The number of nitrogens with one attached hydrogen (secondary N) is 1. The Morgan fingerprint density at radius 3 is 2.27 bits per heavy atom. The van der Waals surface area contributed by atoms with E-state index in [1.54, 1.807) is 6.92 Å². The van der Waals surface area contributed by atoms with Crippen molar-refractivity contribution >= 4 is 18.0 Å². The number of hydrogen-bond donors (Lipinski definition) is 2. The van der Waals surface area contributed by atoms with Crippen LogP contribution >= 0.6 is 0 Å². The highest BCUT2D eigenvalue weighted by Crippen LogP contribution is 2.44. The highest BCUT2D eigenvalue weighted by Gasteiger charge is 2.33. The molecule has 2 aromatic rings. The highest BCUT2D eigenvalue weighted by atomic mass is 16.5. The van der Waals surface area contributed by atoms with Gasteiger partial charge in [0.15, 0.2) is 0 Å². The van der Waals surface area contributed by atoms with Crippen molar-refractivity contribution in [2.45, 2.75) is 44.6 Å². The average Bonchev–Trinajstić information content (AvgIpc) is 3.37. The number of carboxylic acids is 1. The van der Waals surface area contributed by atoms with Crippen molar-refractivity contribution in [3.63, 3.8) is 0 Å². The van der Waals surface area contributed by atoms with E-state index in [0.717, 1.165) is 30.4 Å². The minimum Gasteiger partial charge on any atom is -0.480 e. The summed E-state index contributed by atoms with van der Waals surface area (Å²) >= 11 is 0. The molecule has 2 amide bonds. The highest BCUT2D eigenvalue weighted by molar-refractivity contribution is 5.82. The number of nitrogens with zero attached hydrogens (tertiary/aromatic N) is 1. The number of benzene rings is 2. The predicted octanol–water partition coefficient (Wildman–Crippen LogP) is 4.02. The van der Waals surface area contributed by atoms with Crippen LogP contribution in [-0.4, -0.2) is 53.7 Å². The van der Waals surface area contributed by atoms with E-state index in [4.69, 9.17) is 9.84 Å². The molecule has 0 bridgehead atoms. The molecule has 7 heteroatoms. The molecule has 1 saturated carbocycles. The summed E-state index contributed by atoms with van der Waals surface area (Å²) in [4.78, 5) is 37.5. The van der Waals surface area contributed by atoms with E-state index in [-0.39, 0.29) is 43.4 Å². The Balaban J connectivity index is 1.34. The zero-order valence-electron chi connectivity index (χ0n) is 18.8. The van der Waals surface area contributed by atoms with Gasteiger partial charge in [-0.25, -0.2) is 4.79 Å². The molecule has 0 radical (unpaired) electrons. The summed E-state index contributed by atoms with van der Waals surface area (Å²) in [5, 5.41) is 12.0.